The van der Waals surface area contributed by atoms with Gasteiger partial charge in [0.15, 0.2) is 0 Å². The minimum absolute atomic E-state index is 0.344. The molecule has 0 amide bonds. The van der Waals surface area contributed by atoms with E-state index in [9.17, 15) is 13.6 Å². The first-order valence-electron chi connectivity index (χ1n) is 4.03. The quantitative estimate of drug-likeness (QED) is 0.609. The number of rotatable bonds is 2. The fourth-order valence-electron chi connectivity index (χ4n) is 1.57. The van der Waals surface area contributed by atoms with E-state index in [2.05, 4.69) is 0 Å². The minimum Gasteiger partial charge on any atom is -0.293 e. The molecule has 0 aromatic rings. The van der Waals surface area contributed by atoms with E-state index in [4.69, 9.17) is 0 Å². The molecule has 1 fully saturated rings. The van der Waals surface area contributed by atoms with Crippen molar-refractivity contribution in [1.29, 1.82) is 0 Å². The molecule has 0 aliphatic heterocycles. The second kappa shape index (κ2) is 3.79. The van der Waals surface area contributed by atoms with Gasteiger partial charge in [0.25, 0.3) is 6.43 Å². The lowest BCUT2D eigenvalue weighted by molar-refractivity contribution is -0.134. The van der Waals surface area contributed by atoms with Crippen LogP contribution in [0.5, 0.6) is 0 Å². The molecule has 1 aliphatic carbocycles. The first-order valence-corrected chi connectivity index (χ1v) is 4.03. The van der Waals surface area contributed by atoms with Crippen LogP contribution in [0.2, 0.25) is 0 Å². The summed E-state index contributed by atoms with van der Waals surface area (Å²) < 4.78 is 23.7. The summed E-state index contributed by atoms with van der Waals surface area (Å²) in [6.45, 7) is 0. The Labute approximate surface area is 64.8 Å². The Morgan fingerprint density at radius 3 is 2.18 bits per heavy atom. The number of alkyl halides is 2. The maximum Gasteiger partial charge on any atom is 0.296 e. The lowest BCUT2D eigenvalue weighted by Gasteiger charge is -2.19. The van der Waals surface area contributed by atoms with Crippen molar-refractivity contribution in [1.82, 2.24) is 0 Å². The third-order valence-electron chi connectivity index (χ3n) is 2.22. The highest BCUT2D eigenvalue weighted by Crippen LogP contribution is 2.25. The van der Waals surface area contributed by atoms with Crippen molar-refractivity contribution in [2.24, 2.45) is 5.92 Å². The smallest absolute Gasteiger partial charge is 0.293 e. The van der Waals surface area contributed by atoms with E-state index in [0.717, 1.165) is 19.3 Å². The number of hydrogen-bond donors (Lipinski definition) is 0. The first-order chi connectivity index (χ1) is 5.22. The number of carbonyl (C=O) groups excluding carboxylic acids is 1. The van der Waals surface area contributed by atoms with E-state index in [0.29, 0.717) is 12.8 Å². The highest BCUT2D eigenvalue weighted by molar-refractivity contribution is 5.83. The standard InChI is InChI=1S/C8H12F2O/c9-8(10)7(11)6-4-2-1-3-5-6/h6,8H,1-5H2. The first kappa shape index (κ1) is 8.62. The summed E-state index contributed by atoms with van der Waals surface area (Å²) in [6.07, 6.45) is 1.55. The average molecular weight is 162 g/mol. The molecule has 0 spiro atoms. The molecule has 0 radical (unpaired) electrons. The van der Waals surface area contributed by atoms with Gasteiger partial charge < -0.3 is 0 Å². The lowest BCUT2D eigenvalue weighted by atomic mass is 9.86. The van der Waals surface area contributed by atoms with Gasteiger partial charge in [-0.3, -0.25) is 4.79 Å². The Bertz CT molecular complexity index is 139. The molecule has 1 rings (SSSR count). The van der Waals surface area contributed by atoms with Gasteiger partial charge in [-0.1, -0.05) is 19.3 Å². The molecule has 0 N–H and O–H groups in total. The molecule has 0 unspecified atom stereocenters. The van der Waals surface area contributed by atoms with Crippen LogP contribution in [0.15, 0.2) is 0 Å². The van der Waals surface area contributed by atoms with Crippen LogP contribution >= 0.6 is 0 Å². The van der Waals surface area contributed by atoms with Crippen LogP contribution in [0.4, 0.5) is 8.78 Å². The number of hydrogen-bond acceptors (Lipinski definition) is 1. The van der Waals surface area contributed by atoms with Crippen molar-refractivity contribution in [3.05, 3.63) is 0 Å². The minimum atomic E-state index is -2.75. The van der Waals surface area contributed by atoms with Crippen LogP contribution in [0.1, 0.15) is 32.1 Å². The summed E-state index contributed by atoms with van der Waals surface area (Å²) in [4.78, 5) is 10.7. The third-order valence-corrected chi connectivity index (χ3v) is 2.22. The fourth-order valence-corrected chi connectivity index (χ4v) is 1.57. The second-order valence-electron chi connectivity index (χ2n) is 3.04. The summed E-state index contributed by atoms with van der Waals surface area (Å²) >= 11 is 0. The van der Waals surface area contributed by atoms with Gasteiger partial charge >= 0.3 is 0 Å². The van der Waals surface area contributed by atoms with Crippen LogP contribution in [0.3, 0.4) is 0 Å². The van der Waals surface area contributed by atoms with Crippen molar-refractivity contribution in [2.45, 2.75) is 38.5 Å². The number of carbonyl (C=O) groups is 1. The molecule has 3 heteroatoms. The Morgan fingerprint density at radius 1 is 1.18 bits per heavy atom. The Morgan fingerprint density at radius 2 is 1.73 bits per heavy atom. The van der Waals surface area contributed by atoms with E-state index < -0.39 is 12.2 Å². The molecular weight excluding hydrogens is 150 g/mol. The summed E-state index contributed by atoms with van der Waals surface area (Å²) in [5, 5.41) is 0. The summed E-state index contributed by atoms with van der Waals surface area (Å²) in [6, 6.07) is 0. The molecule has 0 heterocycles. The Balaban J connectivity index is 2.39. The molecule has 1 nitrogen and oxygen atoms in total. The normalized spacial score (nSPS) is 20.6. The lowest BCUT2D eigenvalue weighted by Crippen LogP contribution is -2.23. The van der Waals surface area contributed by atoms with Crippen LogP contribution < -0.4 is 0 Å². The Kier molecular flexibility index (Phi) is 2.97. The molecule has 64 valence electrons. The molecule has 0 bridgehead atoms. The van der Waals surface area contributed by atoms with Crippen molar-refractivity contribution in [2.75, 3.05) is 0 Å². The SMILES string of the molecule is O=C(C(F)F)C1CCCCC1. The molecule has 0 saturated heterocycles. The topological polar surface area (TPSA) is 17.1 Å². The predicted molar refractivity (Wildman–Crippen MR) is 37.6 cm³/mol. The summed E-state index contributed by atoms with van der Waals surface area (Å²) in [5.74, 6) is -1.19. The van der Waals surface area contributed by atoms with Crippen molar-refractivity contribution in [3.63, 3.8) is 0 Å². The largest absolute Gasteiger partial charge is 0.296 e. The number of halogens is 2. The van der Waals surface area contributed by atoms with Crippen molar-refractivity contribution < 1.29 is 13.6 Å². The number of ketones is 1. The van der Waals surface area contributed by atoms with Crippen LogP contribution in [-0.2, 0) is 4.79 Å². The van der Waals surface area contributed by atoms with Crippen molar-refractivity contribution in [3.8, 4) is 0 Å². The van der Waals surface area contributed by atoms with E-state index in [1.165, 1.54) is 0 Å². The van der Waals surface area contributed by atoms with Crippen molar-refractivity contribution >= 4 is 5.78 Å². The van der Waals surface area contributed by atoms with Gasteiger partial charge in [-0.25, -0.2) is 8.78 Å². The van der Waals surface area contributed by atoms with Gasteiger partial charge in [-0.2, -0.15) is 0 Å². The second-order valence-corrected chi connectivity index (χ2v) is 3.04. The zero-order chi connectivity index (χ0) is 8.27. The predicted octanol–water partition coefficient (Wildman–Crippen LogP) is 2.40. The van der Waals surface area contributed by atoms with Gasteiger partial charge in [0, 0.05) is 5.92 Å². The zero-order valence-electron chi connectivity index (χ0n) is 6.35. The maximum atomic E-state index is 11.9. The highest BCUT2D eigenvalue weighted by atomic mass is 19.3. The van der Waals surface area contributed by atoms with Gasteiger partial charge in [-0.15, -0.1) is 0 Å². The molecule has 0 aromatic carbocycles. The number of Topliss-reactive ketones (excluding diaryl/α,β-unsaturated/α-hetero) is 1. The van der Waals surface area contributed by atoms with Gasteiger partial charge in [-0.05, 0) is 12.8 Å². The van der Waals surface area contributed by atoms with Gasteiger partial charge in [0.1, 0.15) is 0 Å². The zero-order valence-corrected chi connectivity index (χ0v) is 6.35. The van der Waals surface area contributed by atoms with Crippen LogP contribution in [-0.4, -0.2) is 12.2 Å². The van der Waals surface area contributed by atoms with Gasteiger partial charge in [0.2, 0.25) is 5.78 Å². The monoisotopic (exact) mass is 162 g/mol. The third kappa shape index (κ3) is 2.24. The van der Waals surface area contributed by atoms with Crippen LogP contribution in [0, 0.1) is 5.92 Å². The maximum absolute atomic E-state index is 11.9. The van der Waals surface area contributed by atoms with Gasteiger partial charge in [0.05, 0.1) is 0 Å². The molecule has 11 heavy (non-hydrogen) atoms. The van der Waals surface area contributed by atoms with Crippen LogP contribution in [0.25, 0.3) is 0 Å². The molecular formula is C8H12F2O. The molecule has 1 aliphatic rings. The van der Waals surface area contributed by atoms with E-state index >= 15 is 0 Å². The summed E-state index contributed by atoms with van der Waals surface area (Å²) in [5.41, 5.74) is 0. The van der Waals surface area contributed by atoms with E-state index in [-0.39, 0.29) is 5.92 Å². The molecule has 0 aromatic heterocycles. The van der Waals surface area contributed by atoms with E-state index in [1.807, 2.05) is 0 Å². The Hall–Kier alpha value is -0.470. The summed E-state index contributed by atoms with van der Waals surface area (Å²) in [7, 11) is 0. The van der Waals surface area contributed by atoms with E-state index in [1.54, 1.807) is 0 Å². The fraction of sp³-hybridized carbons (Fsp3) is 0.875. The highest BCUT2D eigenvalue weighted by Gasteiger charge is 2.27. The molecule has 0 atom stereocenters. The average Bonchev–Trinajstić information content (AvgIpc) is 2.05. The molecule has 1 saturated carbocycles.